The van der Waals surface area contributed by atoms with Gasteiger partial charge in [-0.15, -0.1) is 0 Å². The minimum Gasteiger partial charge on any atom is -0.360 e. The van der Waals surface area contributed by atoms with Gasteiger partial charge < -0.3 is 9.84 Å². The average Bonchev–Trinajstić information content (AvgIpc) is 3.06. The van der Waals surface area contributed by atoms with Crippen LogP contribution in [0.5, 0.6) is 0 Å². The van der Waals surface area contributed by atoms with E-state index in [0.29, 0.717) is 17.0 Å². The molecule has 0 aliphatic carbocycles. The van der Waals surface area contributed by atoms with Gasteiger partial charge in [0.25, 0.3) is 15.9 Å². The van der Waals surface area contributed by atoms with Gasteiger partial charge in [0.2, 0.25) is 0 Å². The van der Waals surface area contributed by atoms with Crippen molar-refractivity contribution >= 4 is 33.2 Å². The number of anilines is 2. The van der Waals surface area contributed by atoms with Crippen molar-refractivity contribution in [1.29, 1.82) is 0 Å². The normalized spacial score (nSPS) is 11.1. The Labute approximate surface area is 161 Å². The highest BCUT2D eigenvalue weighted by molar-refractivity contribution is 7.92. The summed E-state index contributed by atoms with van der Waals surface area (Å²) < 4.78 is 32.3. The van der Waals surface area contributed by atoms with Crippen LogP contribution in [0.1, 0.15) is 33.4 Å². The topological polar surface area (TPSA) is 118 Å². The van der Waals surface area contributed by atoms with Crippen molar-refractivity contribution in [3.8, 4) is 0 Å². The second-order valence-electron chi connectivity index (χ2n) is 6.04. The van der Waals surface area contributed by atoms with Crippen LogP contribution < -0.4 is 10.0 Å². The van der Waals surface area contributed by atoms with E-state index in [2.05, 4.69) is 15.2 Å². The van der Waals surface area contributed by atoms with Gasteiger partial charge in [0.05, 0.1) is 4.90 Å². The molecule has 0 aliphatic rings. The summed E-state index contributed by atoms with van der Waals surface area (Å²) in [5.74, 6) is 0.281. The molecule has 0 saturated carbocycles. The van der Waals surface area contributed by atoms with Gasteiger partial charge in [-0.05, 0) is 62.4 Å². The Morgan fingerprint density at radius 1 is 0.964 bits per heavy atom. The molecule has 1 heterocycles. The third-order valence-corrected chi connectivity index (χ3v) is 5.24. The first-order valence-corrected chi connectivity index (χ1v) is 9.71. The van der Waals surface area contributed by atoms with Crippen LogP contribution in [-0.2, 0) is 10.0 Å². The number of hydrogen-bond acceptors (Lipinski definition) is 6. The molecule has 0 atom stereocenters. The number of nitrogens with zero attached hydrogens (tertiary/aromatic N) is 1. The molecule has 0 saturated heterocycles. The summed E-state index contributed by atoms with van der Waals surface area (Å²) in [6, 6.07) is 13.1. The van der Waals surface area contributed by atoms with Gasteiger partial charge in [0.1, 0.15) is 5.76 Å². The lowest BCUT2D eigenvalue weighted by Gasteiger charge is -2.09. The van der Waals surface area contributed by atoms with E-state index >= 15 is 0 Å². The molecule has 8 nitrogen and oxygen atoms in total. The zero-order valence-electron chi connectivity index (χ0n) is 15.1. The van der Waals surface area contributed by atoms with Gasteiger partial charge in [0.15, 0.2) is 11.6 Å². The van der Waals surface area contributed by atoms with Gasteiger partial charge in [-0.3, -0.25) is 14.3 Å². The van der Waals surface area contributed by atoms with Crippen molar-refractivity contribution in [2.45, 2.75) is 18.7 Å². The smallest absolute Gasteiger partial charge is 0.261 e. The summed E-state index contributed by atoms with van der Waals surface area (Å²) in [5.41, 5.74) is 1.08. The first kappa shape index (κ1) is 19.3. The fourth-order valence-corrected chi connectivity index (χ4v) is 3.44. The molecule has 9 heteroatoms. The molecular formula is C19H17N3O5S. The largest absolute Gasteiger partial charge is 0.360 e. The zero-order valence-corrected chi connectivity index (χ0v) is 15.9. The van der Waals surface area contributed by atoms with Gasteiger partial charge in [-0.25, -0.2) is 8.42 Å². The molecule has 28 heavy (non-hydrogen) atoms. The van der Waals surface area contributed by atoms with E-state index in [1.54, 1.807) is 25.1 Å². The number of amides is 1. The molecule has 3 aromatic rings. The molecule has 144 valence electrons. The number of rotatable bonds is 6. The Hall–Kier alpha value is -3.46. The van der Waals surface area contributed by atoms with E-state index in [-0.39, 0.29) is 22.1 Å². The Morgan fingerprint density at radius 2 is 1.57 bits per heavy atom. The first-order valence-electron chi connectivity index (χ1n) is 8.23. The van der Waals surface area contributed by atoms with Gasteiger partial charge in [-0.2, -0.15) is 0 Å². The van der Waals surface area contributed by atoms with Crippen LogP contribution in [0, 0.1) is 6.92 Å². The lowest BCUT2D eigenvalue weighted by atomic mass is 10.1. The SMILES string of the molecule is CC(=O)c1ccc(NS(=O)(=O)c2ccc(C(=O)Nc3cc(C)on3)cc2)cc1. The van der Waals surface area contributed by atoms with E-state index in [1.807, 2.05) is 0 Å². The minimum absolute atomic E-state index is 0.00280. The van der Waals surface area contributed by atoms with Crippen molar-refractivity contribution in [1.82, 2.24) is 5.16 Å². The molecule has 0 spiro atoms. The fraction of sp³-hybridized carbons (Fsp3) is 0.105. The fourth-order valence-electron chi connectivity index (χ4n) is 2.39. The van der Waals surface area contributed by atoms with Gasteiger partial charge in [0, 0.05) is 22.9 Å². The average molecular weight is 399 g/mol. The molecule has 1 amide bonds. The molecule has 0 aliphatic heterocycles. The highest BCUT2D eigenvalue weighted by Gasteiger charge is 2.16. The van der Waals surface area contributed by atoms with Crippen molar-refractivity contribution in [3.05, 3.63) is 71.5 Å². The molecule has 0 unspecified atom stereocenters. The molecule has 3 rings (SSSR count). The second-order valence-corrected chi connectivity index (χ2v) is 7.72. The minimum atomic E-state index is -3.84. The van der Waals surface area contributed by atoms with Crippen LogP contribution in [0.15, 0.2) is 64.0 Å². The monoisotopic (exact) mass is 399 g/mol. The van der Waals surface area contributed by atoms with Crippen LogP contribution in [0.25, 0.3) is 0 Å². The van der Waals surface area contributed by atoms with Crippen molar-refractivity contribution in [2.75, 3.05) is 10.0 Å². The molecule has 2 aromatic carbocycles. The predicted octanol–water partition coefficient (Wildman–Crippen LogP) is 3.24. The number of aryl methyl sites for hydroxylation is 1. The van der Waals surface area contributed by atoms with Crippen LogP contribution >= 0.6 is 0 Å². The zero-order chi connectivity index (χ0) is 20.3. The van der Waals surface area contributed by atoms with Crippen LogP contribution in [0.2, 0.25) is 0 Å². The van der Waals surface area contributed by atoms with Crippen LogP contribution in [-0.4, -0.2) is 25.3 Å². The first-order chi connectivity index (χ1) is 13.2. The Balaban J connectivity index is 1.72. The number of hydrogen-bond donors (Lipinski definition) is 2. The van der Waals surface area contributed by atoms with Crippen molar-refractivity contribution in [2.24, 2.45) is 0 Å². The third-order valence-electron chi connectivity index (χ3n) is 3.84. The number of carbonyl (C=O) groups is 2. The molecule has 2 N–H and O–H groups in total. The van der Waals surface area contributed by atoms with Crippen LogP contribution in [0.3, 0.4) is 0 Å². The number of aromatic nitrogens is 1. The maximum atomic E-state index is 12.5. The summed E-state index contributed by atoms with van der Waals surface area (Å²) >= 11 is 0. The summed E-state index contributed by atoms with van der Waals surface area (Å²) in [6.45, 7) is 3.13. The Bertz CT molecular complexity index is 1120. The Morgan fingerprint density at radius 3 is 2.11 bits per heavy atom. The molecule has 0 radical (unpaired) electrons. The van der Waals surface area contributed by atoms with Crippen molar-refractivity contribution in [3.63, 3.8) is 0 Å². The standard InChI is InChI=1S/C19H17N3O5S/c1-12-11-18(21-27-12)20-19(24)15-5-9-17(10-6-15)28(25,26)22-16-7-3-14(4-8-16)13(2)23/h3-11,22H,1-2H3,(H,20,21,24). The quantitative estimate of drug-likeness (QED) is 0.614. The molecule has 0 fully saturated rings. The van der Waals surface area contributed by atoms with E-state index in [0.717, 1.165) is 0 Å². The number of ketones is 1. The lowest BCUT2D eigenvalue weighted by Crippen LogP contribution is -2.15. The third kappa shape index (κ3) is 4.44. The summed E-state index contributed by atoms with van der Waals surface area (Å²) in [4.78, 5) is 23.5. The number of benzene rings is 2. The Kier molecular flexibility index (Phi) is 5.27. The van der Waals surface area contributed by atoms with E-state index in [4.69, 9.17) is 4.52 Å². The molecular weight excluding hydrogens is 382 g/mol. The maximum absolute atomic E-state index is 12.5. The van der Waals surface area contributed by atoms with E-state index in [9.17, 15) is 18.0 Å². The number of Topliss-reactive ketones (excluding diaryl/α,β-unsaturated/α-hetero) is 1. The summed E-state index contributed by atoms with van der Waals surface area (Å²) in [5, 5.41) is 6.22. The van der Waals surface area contributed by atoms with Crippen molar-refractivity contribution < 1.29 is 22.5 Å². The highest BCUT2D eigenvalue weighted by Crippen LogP contribution is 2.18. The number of sulfonamides is 1. The van der Waals surface area contributed by atoms with E-state index in [1.165, 1.54) is 43.3 Å². The predicted molar refractivity (Wildman–Crippen MR) is 103 cm³/mol. The number of carbonyl (C=O) groups excluding carboxylic acids is 2. The second kappa shape index (κ2) is 7.65. The molecule has 0 bridgehead atoms. The maximum Gasteiger partial charge on any atom is 0.261 e. The highest BCUT2D eigenvalue weighted by atomic mass is 32.2. The van der Waals surface area contributed by atoms with E-state index < -0.39 is 15.9 Å². The van der Waals surface area contributed by atoms with Gasteiger partial charge >= 0.3 is 0 Å². The number of nitrogens with one attached hydrogen (secondary N) is 2. The van der Waals surface area contributed by atoms with Crippen LogP contribution in [0.4, 0.5) is 11.5 Å². The summed E-state index contributed by atoms with van der Waals surface area (Å²) in [6.07, 6.45) is 0. The summed E-state index contributed by atoms with van der Waals surface area (Å²) in [7, 11) is -3.84. The lowest BCUT2D eigenvalue weighted by molar-refractivity contribution is 0.101. The molecule has 1 aromatic heterocycles. The van der Waals surface area contributed by atoms with Gasteiger partial charge in [-0.1, -0.05) is 5.16 Å².